The van der Waals surface area contributed by atoms with Gasteiger partial charge in [0.15, 0.2) is 0 Å². The third kappa shape index (κ3) is 2.66. The van der Waals surface area contributed by atoms with Crippen molar-refractivity contribution in [3.8, 4) is 0 Å². The number of hydrogen-bond acceptors (Lipinski definition) is 3. The van der Waals surface area contributed by atoms with E-state index in [0.29, 0.717) is 18.4 Å². The summed E-state index contributed by atoms with van der Waals surface area (Å²) in [6.45, 7) is 2.74. The summed E-state index contributed by atoms with van der Waals surface area (Å²) < 4.78 is 13.2. The molecule has 0 saturated heterocycles. The van der Waals surface area contributed by atoms with Crippen molar-refractivity contribution < 1.29 is 9.31 Å². The van der Waals surface area contributed by atoms with Gasteiger partial charge in [-0.2, -0.15) is 0 Å². The molecular weight excluding hydrogens is 247 g/mol. The van der Waals surface area contributed by atoms with E-state index in [9.17, 15) is 14.5 Å². The van der Waals surface area contributed by atoms with Gasteiger partial charge in [0.05, 0.1) is 9.95 Å². The lowest BCUT2D eigenvalue weighted by Crippen LogP contribution is -2.07. The summed E-state index contributed by atoms with van der Waals surface area (Å²) in [5, 5.41) is 13.5. The van der Waals surface area contributed by atoms with Crippen molar-refractivity contribution in [3.05, 3.63) is 33.1 Å². The van der Waals surface area contributed by atoms with Crippen LogP contribution in [-0.4, -0.2) is 11.5 Å². The number of hydrogen-bond donors (Lipinski definition) is 1. The lowest BCUT2D eigenvalue weighted by atomic mass is 10.2. The zero-order chi connectivity index (χ0) is 12.6. The molecule has 1 saturated carbocycles. The molecule has 6 heteroatoms. The molecule has 0 aliphatic heterocycles. The molecule has 0 spiro atoms. The molecule has 1 aromatic rings. The highest BCUT2D eigenvalue weighted by Gasteiger charge is 2.32. The van der Waals surface area contributed by atoms with Crippen molar-refractivity contribution >= 4 is 23.0 Å². The second-order valence-corrected chi connectivity index (χ2v) is 4.80. The summed E-state index contributed by atoms with van der Waals surface area (Å²) in [5.74, 6) is 0.510. The van der Waals surface area contributed by atoms with Gasteiger partial charge < -0.3 is 5.32 Å². The van der Waals surface area contributed by atoms with E-state index in [-0.39, 0.29) is 16.4 Å². The van der Waals surface area contributed by atoms with Crippen molar-refractivity contribution in [3.63, 3.8) is 0 Å². The Hall–Kier alpha value is -1.36. The van der Waals surface area contributed by atoms with E-state index < -0.39 is 10.7 Å². The molecule has 17 heavy (non-hydrogen) atoms. The number of halogens is 2. The molecule has 0 aromatic heterocycles. The van der Waals surface area contributed by atoms with E-state index >= 15 is 0 Å². The van der Waals surface area contributed by atoms with Gasteiger partial charge in [-0.3, -0.25) is 10.1 Å². The van der Waals surface area contributed by atoms with Crippen LogP contribution in [0.3, 0.4) is 0 Å². The topological polar surface area (TPSA) is 55.2 Å². The van der Waals surface area contributed by atoms with E-state index in [1.807, 2.05) is 0 Å². The first-order valence-corrected chi connectivity index (χ1v) is 5.74. The van der Waals surface area contributed by atoms with Crippen molar-refractivity contribution in [2.24, 2.45) is 11.8 Å². The van der Waals surface area contributed by atoms with Gasteiger partial charge in [0, 0.05) is 18.7 Å². The molecule has 2 rings (SSSR count). The minimum absolute atomic E-state index is 0.190. The first kappa shape index (κ1) is 12.1. The third-order valence-corrected chi connectivity index (χ3v) is 3.36. The Morgan fingerprint density at radius 1 is 1.65 bits per heavy atom. The van der Waals surface area contributed by atoms with Crippen LogP contribution in [-0.2, 0) is 0 Å². The number of benzene rings is 1. The van der Waals surface area contributed by atoms with Gasteiger partial charge in [0.1, 0.15) is 11.5 Å². The first-order valence-electron chi connectivity index (χ1n) is 5.36. The first-order chi connectivity index (χ1) is 7.99. The van der Waals surface area contributed by atoms with Gasteiger partial charge in [-0.25, -0.2) is 4.39 Å². The monoisotopic (exact) mass is 258 g/mol. The third-order valence-electron chi connectivity index (χ3n) is 3.07. The molecule has 0 radical (unpaired) electrons. The smallest absolute Gasteiger partial charge is 0.294 e. The maximum absolute atomic E-state index is 13.2. The molecule has 0 amide bonds. The summed E-state index contributed by atoms with van der Waals surface area (Å²) in [5.41, 5.74) is 0.000651. The quantitative estimate of drug-likeness (QED) is 0.665. The van der Waals surface area contributed by atoms with Crippen LogP contribution in [0, 0.1) is 27.8 Å². The highest BCUT2D eigenvalue weighted by molar-refractivity contribution is 6.31. The Bertz CT molecular complexity index is 467. The molecule has 1 aromatic carbocycles. The van der Waals surface area contributed by atoms with Gasteiger partial charge in [-0.15, -0.1) is 0 Å². The number of anilines is 1. The highest BCUT2D eigenvalue weighted by Crippen LogP contribution is 2.38. The number of nitro groups is 1. The fourth-order valence-electron chi connectivity index (χ4n) is 1.75. The Morgan fingerprint density at radius 3 is 2.82 bits per heavy atom. The number of rotatable bonds is 4. The standard InChI is InChI=1S/C11H12ClFN2O2/c1-6-2-7(6)5-14-10-4-9(13)8(12)3-11(10)15(16)17/h3-4,6-7,14H,2,5H2,1H3. The van der Waals surface area contributed by atoms with Crippen LogP contribution in [0.5, 0.6) is 0 Å². The summed E-state index contributed by atoms with van der Waals surface area (Å²) in [7, 11) is 0. The van der Waals surface area contributed by atoms with Crippen molar-refractivity contribution in [1.82, 2.24) is 0 Å². The van der Waals surface area contributed by atoms with E-state index in [1.165, 1.54) is 0 Å². The molecular formula is C11H12ClFN2O2. The zero-order valence-corrected chi connectivity index (χ0v) is 10.00. The Morgan fingerprint density at radius 2 is 2.29 bits per heavy atom. The maximum atomic E-state index is 13.2. The van der Waals surface area contributed by atoms with Crippen LogP contribution < -0.4 is 5.32 Å². The van der Waals surface area contributed by atoms with E-state index in [4.69, 9.17) is 11.6 Å². The van der Waals surface area contributed by atoms with Gasteiger partial charge in [0.25, 0.3) is 5.69 Å². The SMILES string of the molecule is CC1CC1CNc1cc(F)c(Cl)cc1[N+](=O)[O-]. The van der Waals surface area contributed by atoms with Crippen LogP contribution in [0.15, 0.2) is 12.1 Å². The summed E-state index contributed by atoms with van der Waals surface area (Å²) >= 11 is 5.52. The van der Waals surface area contributed by atoms with Gasteiger partial charge >= 0.3 is 0 Å². The van der Waals surface area contributed by atoms with Gasteiger partial charge in [0.2, 0.25) is 0 Å². The van der Waals surface area contributed by atoms with E-state index in [0.717, 1.165) is 18.6 Å². The summed E-state index contributed by atoms with van der Waals surface area (Å²) in [4.78, 5) is 10.2. The highest BCUT2D eigenvalue weighted by atomic mass is 35.5. The minimum atomic E-state index is -0.649. The lowest BCUT2D eigenvalue weighted by Gasteiger charge is -2.07. The van der Waals surface area contributed by atoms with Crippen LogP contribution in [0.4, 0.5) is 15.8 Å². The Balaban J connectivity index is 2.18. The lowest BCUT2D eigenvalue weighted by molar-refractivity contribution is -0.384. The summed E-state index contributed by atoms with van der Waals surface area (Å²) in [6.07, 6.45) is 1.11. The second kappa shape index (κ2) is 4.49. The molecule has 0 bridgehead atoms. The van der Waals surface area contributed by atoms with Gasteiger partial charge in [-0.05, 0) is 18.3 Å². The maximum Gasteiger partial charge on any atom is 0.294 e. The fourth-order valence-corrected chi connectivity index (χ4v) is 1.91. The van der Waals surface area contributed by atoms with Crippen LogP contribution in [0.2, 0.25) is 5.02 Å². The van der Waals surface area contributed by atoms with Crippen LogP contribution in [0.25, 0.3) is 0 Å². The zero-order valence-electron chi connectivity index (χ0n) is 9.24. The van der Waals surface area contributed by atoms with E-state index in [2.05, 4.69) is 12.2 Å². The van der Waals surface area contributed by atoms with Crippen LogP contribution >= 0.6 is 11.6 Å². The molecule has 4 nitrogen and oxygen atoms in total. The average molecular weight is 259 g/mol. The van der Waals surface area contributed by atoms with E-state index in [1.54, 1.807) is 0 Å². The fraction of sp³-hybridized carbons (Fsp3) is 0.455. The van der Waals surface area contributed by atoms with Crippen molar-refractivity contribution in [2.75, 3.05) is 11.9 Å². The molecule has 1 aliphatic carbocycles. The molecule has 2 unspecified atom stereocenters. The number of nitrogens with one attached hydrogen (secondary N) is 1. The molecule has 92 valence electrons. The summed E-state index contributed by atoms with van der Waals surface area (Å²) in [6, 6.07) is 2.11. The Labute approximate surface area is 103 Å². The largest absolute Gasteiger partial charge is 0.379 e. The number of nitrogens with zero attached hydrogens (tertiary/aromatic N) is 1. The van der Waals surface area contributed by atoms with Crippen LogP contribution in [0.1, 0.15) is 13.3 Å². The van der Waals surface area contributed by atoms with Crippen molar-refractivity contribution in [1.29, 1.82) is 0 Å². The predicted molar refractivity (Wildman–Crippen MR) is 63.8 cm³/mol. The van der Waals surface area contributed by atoms with Crippen molar-refractivity contribution in [2.45, 2.75) is 13.3 Å². The minimum Gasteiger partial charge on any atom is -0.379 e. The normalized spacial score (nSPS) is 22.3. The molecule has 1 fully saturated rings. The molecule has 1 N–H and O–H groups in total. The average Bonchev–Trinajstić information content (AvgIpc) is 2.95. The predicted octanol–water partition coefficient (Wildman–Crippen LogP) is 3.46. The second-order valence-electron chi connectivity index (χ2n) is 4.39. The number of nitro benzene ring substituents is 1. The molecule has 1 aliphatic rings. The molecule has 0 heterocycles. The molecule has 2 atom stereocenters. The van der Waals surface area contributed by atoms with Gasteiger partial charge in [-0.1, -0.05) is 18.5 Å². The Kier molecular flexibility index (Phi) is 3.19.